The minimum atomic E-state index is -0.713. The number of benzene rings is 2. The summed E-state index contributed by atoms with van der Waals surface area (Å²) in [5, 5.41) is 2.70. The molecule has 33 heavy (non-hydrogen) atoms. The molecule has 0 saturated heterocycles. The van der Waals surface area contributed by atoms with E-state index in [-0.39, 0.29) is 12.2 Å². The molecule has 0 radical (unpaired) electrons. The highest BCUT2D eigenvalue weighted by molar-refractivity contribution is 5.93. The zero-order valence-corrected chi connectivity index (χ0v) is 18.5. The van der Waals surface area contributed by atoms with E-state index in [0.717, 1.165) is 11.1 Å². The number of aromatic nitrogens is 4. The zero-order valence-electron chi connectivity index (χ0n) is 18.5. The first-order chi connectivity index (χ1) is 15.8. The van der Waals surface area contributed by atoms with Crippen LogP contribution in [0.2, 0.25) is 0 Å². The number of hydrogen-bond acceptors (Lipinski definition) is 6. The van der Waals surface area contributed by atoms with E-state index in [2.05, 4.69) is 15.3 Å². The highest BCUT2D eigenvalue weighted by Gasteiger charge is 2.18. The summed E-state index contributed by atoms with van der Waals surface area (Å²) in [6.07, 6.45) is 3.27. The van der Waals surface area contributed by atoms with E-state index in [1.807, 2.05) is 26.0 Å². The van der Waals surface area contributed by atoms with Gasteiger partial charge in [-0.1, -0.05) is 18.2 Å². The molecule has 2 aromatic heterocycles. The van der Waals surface area contributed by atoms with Crippen LogP contribution >= 0.6 is 0 Å². The molecule has 1 N–H and O–H groups in total. The van der Waals surface area contributed by atoms with Gasteiger partial charge in [-0.25, -0.2) is 9.97 Å². The Kier molecular flexibility index (Phi) is 6.03. The number of hydrogen-bond donors (Lipinski definition) is 1. The van der Waals surface area contributed by atoms with Gasteiger partial charge in [0.25, 0.3) is 11.5 Å². The number of anilines is 1. The molecule has 2 heterocycles. The summed E-state index contributed by atoms with van der Waals surface area (Å²) in [6.45, 7) is 3.10. The van der Waals surface area contributed by atoms with Crippen LogP contribution in [0.1, 0.15) is 11.1 Å². The van der Waals surface area contributed by atoms with Crippen molar-refractivity contribution >= 4 is 28.6 Å². The molecule has 1 amide bonds. The Morgan fingerprint density at radius 1 is 1.09 bits per heavy atom. The Morgan fingerprint density at radius 3 is 2.61 bits per heavy atom. The van der Waals surface area contributed by atoms with Gasteiger partial charge in [-0.2, -0.15) is 0 Å². The quantitative estimate of drug-likeness (QED) is 0.457. The highest BCUT2D eigenvalue weighted by Crippen LogP contribution is 2.16. The maximum absolute atomic E-state index is 13.2. The molecule has 0 aliphatic carbocycles. The molecule has 9 nitrogen and oxygen atoms in total. The number of carbonyl (C=O) groups is 2. The van der Waals surface area contributed by atoms with Crippen LogP contribution in [0.3, 0.4) is 0 Å². The van der Waals surface area contributed by atoms with Gasteiger partial charge in [0.1, 0.15) is 6.54 Å². The number of carbonyl (C=O) groups excluding carboxylic acids is 2. The minimum Gasteiger partial charge on any atom is -0.454 e. The van der Waals surface area contributed by atoms with Gasteiger partial charge in [0.2, 0.25) is 0 Å². The summed E-state index contributed by atoms with van der Waals surface area (Å²) in [6, 6.07) is 12.5. The second-order valence-corrected chi connectivity index (χ2v) is 7.71. The van der Waals surface area contributed by atoms with Crippen molar-refractivity contribution in [1.29, 1.82) is 0 Å². The second kappa shape index (κ2) is 9.07. The Morgan fingerprint density at radius 2 is 1.88 bits per heavy atom. The maximum Gasteiger partial charge on any atom is 0.326 e. The van der Waals surface area contributed by atoms with Crippen LogP contribution in [0.25, 0.3) is 22.6 Å². The van der Waals surface area contributed by atoms with Gasteiger partial charge < -0.3 is 14.6 Å². The number of amides is 1. The number of esters is 1. The lowest BCUT2D eigenvalue weighted by molar-refractivity contribution is -0.147. The standard InChI is InChI=1S/C24H23N5O4/c1-15-8-9-17(12-16(15)2)26-20(30)14-33-21(31)13-29-19-7-5-4-6-18(19)27-22(24(29)32)23-25-10-11-28(23)3/h4-12H,13-14H2,1-3H3,(H,26,30). The molecule has 0 fully saturated rings. The molecule has 0 aliphatic heterocycles. The van der Waals surface area contributed by atoms with Gasteiger partial charge in [0.15, 0.2) is 18.1 Å². The van der Waals surface area contributed by atoms with Gasteiger partial charge in [-0.15, -0.1) is 0 Å². The van der Waals surface area contributed by atoms with Crippen LogP contribution in [0.15, 0.2) is 59.7 Å². The minimum absolute atomic E-state index is 0.126. The third-order valence-corrected chi connectivity index (χ3v) is 5.33. The summed E-state index contributed by atoms with van der Waals surface area (Å²) < 4.78 is 8.11. The Labute approximate surface area is 189 Å². The average molecular weight is 445 g/mol. The Bertz CT molecular complexity index is 1420. The molecule has 0 spiro atoms. The molecule has 4 rings (SSSR count). The maximum atomic E-state index is 13.2. The van der Waals surface area contributed by atoms with E-state index in [1.54, 1.807) is 54.3 Å². The van der Waals surface area contributed by atoms with Crippen molar-refractivity contribution in [2.24, 2.45) is 7.05 Å². The fourth-order valence-electron chi connectivity index (χ4n) is 3.43. The monoisotopic (exact) mass is 445 g/mol. The van der Waals surface area contributed by atoms with Crippen molar-refractivity contribution in [3.63, 3.8) is 0 Å². The number of nitrogens with zero attached hydrogens (tertiary/aromatic N) is 4. The molecule has 0 saturated carbocycles. The molecular formula is C24H23N5O4. The summed E-state index contributed by atoms with van der Waals surface area (Å²) in [7, 11) is 1.76. The smallest absolute Gasteiger partial charge is 0.326 e. The van der Waals surface area contributed by atoms with Crippen molar-refractivity contribution in [3.05, 3.63) is 76.3 Å². The lowest BCUT2D eigenvalue weighted by Gasteiger charge is -2.12. The molecule has 0 unspecified atom stereocenters. The summed E-state index contributed by atoms with van der Waals surface area (Å²) in [5.41, 5.74) is 3.44. The lowest BCUT2D eigenvalue weighted by Crippen LogP contribution is -2.30. The number of nitrogens with one attached hydrogen (secondary N) is 1. The van der Waals surface area contributed by atoms with Gasteiger partial charge in [0.05, 0.1) is 11.0 Å². The normalized spacial score (nSPS) is 10.9. The molecular weight excluding hydrogens is 422 g/mol. The van der Waals surface area contributed by atoms with Crippen LogP contribution < -0.4 is 10.9 Å². The predicted molar refractivity (Wildman–Crippen MR) is 124 cm³/mol. The molecule has 0 aliphatic rings. The van der Waals surface area contributed by atoms with Crippen molar-refractivity contribution in [3.8, 4) is 11.5 Å². The van der Waals surface area contributed by atoms with Crippen LogP contribution in [-0.4, -0.2) is 37.6 Å². The highest BCUT2D eigenvalue weighted by atomic mass is 16.5. The van der Waals surface area contributed by atoms with Crippen LogP contribution in [0, 0.1) is 13.8 Å². The van der Waals surface area contributed by atoms with E-state index < -0.39 is 24.0 Å². The van der Waals surface area contributed by atoms with E-state index in [9.17, 15) is 14.4 Å². The van der Waals surface area contributed by atoms with Crippen LogP contribution in [-0.2, 0) is 27.9 Å². The third kappa shape index (κ3) is 4.67. The fraction of sp³-hybridized carbons (Fsp3) is 0.208. The topological polar surface area (TPSA) is 108 Å². The molecule has 0 atom stereocenters. The van der Waals surface area contributed by atoms with Gasteiger partial charge in [-0.05, 0) is 49.2 Å². The first-order valence-corrected chi connectivity index (χ1v) is 10.3. The van der Waals surface area contributed by atoms with Gasteiger partial charge in [0, 0.05) is 25.1 Å². The number of para-hydroxylation sites is 2. The van der Waals surface area contributed by atoms with Gasteiger partial charge in [-0.3, -0.25) is 19.0 Å². The lowest BCUT2D eigenvalue weighted by atomic mass is 10.1. The number of fused-ring (bicyclic) bond motifs is 1. The largest absolute Gasteiger partial charge is 0.454 e. The molecule has 4 aromatic rings. The van der Waals surface area contributed by atoms with E-state index in [4.69, 9.17) is 4.74 Å². The number of rotatable bonds is 6. The fourth-order valence-corrected chi connectivity index (χ4v) is 3.43. The van der Waals surface area contributed by atoms with E-state index in [0.29, 0.717) is 22.5 Å². The first-order valence-electron chi connectivity index (χ1n) is 10.3. The first kappa shape index (κ1) is 21.9. The van der Waals surface area contributed by atoms with E-state index in [1.165, 1.54) is 4.57 Å². The SMILES string of the molecule is Cc1ccc(NC(=O)COC(=O)Cn2c(=O)c(-c3nccn3C)nc3ccccc32)cc1C. The predicted octanol–water partition coefficient (Wildman–Crippen LogP) is 2.60. The molecule has 168 valence electrons. The van der Waals surface area contributed by atoms with Crippen molar-refractivity contribution in [2.75, 3.05) is 11.9 Å². The number of imidazole rings is 1. The van der Waals surface area contributed by atoms with Crippen molar-refractivity contribution < 1.29 is 14.3 Å². The van der Waals surface area contributed by atoms with E-state index >= 15 is 0 Å². The summed E-state index contributed by atoms with van der Waals surface area (Å²) >= 11 is 0. The van der Waals surface area contributed by atoms with Crippen LogP contribution in [0.5, 0.6) is 0 Å². The summed E-state index contributed by atoms with van der Waals surface area (Å²) in [4.78, 5) is 46.6. The van der Waals surface area contributed by atoms with Crippen LogP contribution in [0.4, 0.5) is 5.69 Å². The number of aryl methyl sites for hydroxylation is 3. The molecule has 9 heteroatoms. The number of ether oxygens (including phenoxy) is 1. The van der Waals surface area contributed by atoms with Crippen molar-refractivity contribution in [2.45, 2.75) is 20.4 Å². The second-order valence-electron chi connectivity index (χ2n) is 7.71. The Balaban J connectivity index is 1.52. The zero-order chi connectivity index (χ0) is 23.5. The van der Waals surface area contributed by atoms with Crippen molar-refractivity contribution in [1.82, 2.24) is 19.1 Å². The molecule has 2 aromatic carbocycles. The van der Waals surface area contributed by atoms with Gasteiger partial charge >= 0.3 is 5.97 Å². The Hall–Kier alpha value is -4.27. The third-order valence-electron chi connectivity index (χ3n) is 5.33. The average Bonchev–Trinajstić information content (AvgIpc) is 3.22. The molecule has 0 bridgehead atoms. The summed E-state index contributed by atoms with van der Waals surface area (Å²) in [5.74, 6) is -0.789.